The van der Waals surface area contributed by atoms with Crippen molar-refractivity contribution in [3.05, 3.63) is 23.9 Å². The van der Waals surface area contributed by atoms with Crippen LogP contribution < -0.4 is 10.1 Å². The van der Waals surface area contributed by atoms with Crippen LogP contribution in [0.15, 0.2) is 18.3 Å². The molecule has 2 atom stereocenters. The summed E-state index contributed by atoms with van der Waals surface area (Å²) < 4.78 is 5.65. The number of carbonyl (C=O) groups is 1. The molecule has 0 bridgehead atoms. The topological polar surface area (TPSA) is 71.5 Å². The molecule has 1 saturated heterocycles. The van der Waals surface area contributed by atoms with Crippen LogP contribution in [0.1, 0.15) is 12.0 Å². The standard InChI is InChI=1S/C11H14N2O3/c1-7-3-2-4-12-10(7)16-8-5-9(11(14)15)13-6-8/h2-4,8-9,13H,5-6H2,1H3,(H,14,15). The fraction of sp³-hybridized carbons (Fsp3) is 0.455. The molecule has 0 aliphatic carbocycles. The second-order valence-corrected chi connectivity index (χ2v) is 3.90. The van der Waals surface area contributed by atoms with Gasteiger partial charge >= 0.3 is 5.97 Å². The molecule has 2 N–H and O–H groups in total. The van der Waals surface area contributed by atoms with E-state index in [1.54, 1.807) is 6.20 Å². The molecule has 1 fully saturated rings. The van der Waals surface area contributed by atoms with Crippen molar-refractivity contribution < 1.29 is 14.6 Å². The fourth-order valence-corrected chi connectivity index (χ4v) is 1.73. The van der Waals surface area contributed by atoms with Crippen LogP contribution in [0.4, 0.5) is 0 Å². The highest BCUT2D eigenvalue weighted by atomic mass is 16.5. The lowest BCUT2D eigenvalue weighted by Crippen LogP contribution is -2.30. The Morgan fingerprint density at radius 2 is 2.50 bits per heavy atom. The van der Waals surface area contributed by atoms with E-state index < -0.39 is 12.0 Å². The minimum Gasteiger partial charge on any atom is -0.480 e. The van der Waals surface area contributed by atoms with Gasteiger partial charge in [0.25, 0.3) is 0 Å². The third kappa shape index (κ3) is 2.30. The van der Waals surface area contributed by atoms with Crippen LogP contribution in [0.2, 0.25) is 0 Å². The van der Waals surface area contributed by atoms with Gasteiger partial charge in [0.15, 0.2) is 0 Å². The number of aryl methyl sites for hydroxylation is 1. The van der Waals surface area contributed by atoms with Crippen LogP contribution in [0.3, 0.4) is 0 Å². The summed E-state index contributed by atoms with van der Waals surface area (Å²) >= 11 is 0. The van der Waals surface area contributed by atoms with Crippen molar-refractivity contribution in [2.45, 2.75) is 25.5 Å². The van der Waals surface area contributed by atoms with Gasteiger partial charge in [0.1, 0.15) is 12.1 Å². The Kier molecular flexibility index (Phi) is 3.05. The first-order valence-corrected chi connectivity index (χ1v) is 5.21. The lowest BCUT2D eigenvalue weighted by Gasteiger charge is -2.12. The highest BCUT2D eigenvalue weighted by Gasteiger charge is 2.30. The molecule has 0 aromatic carbocycles. The van der Waals surface area contributed by atoms with Crippen LogP contribution in [0, 0.1) is 6.92 Å². The van der Waals surface area contributed by atoms with Crippen molar-refractivity contribution in [2.24, 2.45) is 0 Å². The maximum atomic E-state index is 10.7. The third-order valence-electron chi connectivity index (χ3n) is 2.63. The number of ether oxygens (including phenoxy) is 1. The van der Waals surface area contributed by atoms with E-state index in [0.717, 1.165) is 5.56 Å². The van der Waals surface area contributed by atoms with Gasteiger partial charge in [0, 0.05) is 24.7 Å². The van der Waals surface area contributed by atoms with Crippen LogP contribution in [-0.2, 0) is 4.79 Å². The number of rotatable bonds is 3. The summed E-state index contributed by atoms with van der Waals surface area (Å²) in [7, 11) is 0. The summed E-state index contributed by atoms with van der Waals surface area (Å²) in [6.45, 7) is 2.46. The number of hydrogen-bond acceptors (Lipinski definition) is 4. The highest BCUT2D eigenvalue weighted by Crippen LogP contribution is 2.18. The monoisotopic (exact) mass is 222 g/mol. The minimum atomic E-state index is -0.830. The van der Waals surface area contributed by atoms with E-state index in [4.69, 9.17) is 9.84 Å². The molecule has 2 heterocycles. The SMILES string of the molecule is Cc1cccnc1OC1CNC(C(=O)O)C1. The van der Waals surface area contributed by atoms with Gasteiger partial charge in [-0.05, 0) is 13.0 Å². The van der Waals surface area contributed by atoms with Gasteiger partial charge in [-0.15, -0.1) is 0 Å². The van der Waals surface area contributed by atoms with Crippen molar-refractivity contribution in [1.82, 2.24) is 10.3 Å². The zero-order valence-corrected chi connectivity index (χ0v) is 9.01. The van der Waals surface area contributed by atoms with Gasteiger partial charge in [-0.2, -0.15) is 0 Å². The third-order valence-corrected chi connectivity index (χ3v) is 2.63. The molecular formula is C11H14N2O3. The summed E-state index contributed by atoms with van der Waals surface area (Å²) in [5.74, 6) is -0.246. The smallest absolute Gasteiger partial charge is 0.320 e. The molecule has 1 aliphatic heterocycles. The van der Waals surface area contributed by atoms with E-state index in [9.17, 15) is 4.79 Å². The molecule has 0 amide bonds. The second-order valence-electron chi connectivity index (χ2n) is 3.90. The fourth-order valence-electron chi connectivity index (χ4n) is 1.73. The number of hydrogen-bond donors (Lipinski definition) is 2. The molecule has 0 spiro atoms. The summed E-state index contributed by atoms with van der Waals surface area (Å²) in [5.41, 5.74) is 0.960. The Morgan fingerprint density at radius 3 is 3.12 bits per heavy atom. The molecule has 5 heteroatoms. The normalized spacial score (nSPS) is 24.3. The van der Waals surface area contributed by atoms with Crippen LogP contribution in [-0.4, -0.2) is 34.8 Å². The van der Waals surface area contributed by atoms with E-state index >= 15 is 0 Å². The molecule has 0 saturated carbocycles. The molecule has 2 unspecified atom stereocenters. The zero-order valence-electron chi connectivity index (χ0n) is 9.01. The Bertz CT molecular complexity index is 395. The lowest BCUT2D eigenvalue weighted by molar-refractivity contribution is -0.139. The Balaban J connectivity index is 1.97. The van der Waals surface area contributed by atoms with Gasteiger partial charge in [0.2, 0.25) is 5.88 Å². The van der Waals surface area contributed by atoms with Crippen LogP contribution in [0.25, 0.3) is 0 Å². The first-order chi connectivity index (χ1) is 7.66. The van der Waals surface area contributed by atoms with Crippen molar-refractivity contribution in [2.75, 3.05) is 6.54 Å². The maximum Gasteiger partial charge on any atom is 0.320 e. The van der Waals surface area contributed by atoms with Gasteiger partial charge in [0.05, 0.1) is 0 Å². The summed E-state index contributed by atoms with van der Waals surface area (Å²) in [5, 5.41) is 11.7. The largest absolute Gasteiger partial charge is 0.480 e. The van der Waals surface area contributed by atoms with Gasteiger partial charge in [-0.25, -0.2) is 4.98 Å². The predicted octanol–water partition coefficient (Wildman–Crippen LogP) is 0.584. The number of carboxylic acids is 1. The number of nitrogens with zero attached hydrogens (tertiary/aromatic N) is 1. The predicted molar refractivity (Wildman–Crippen MR) is 57.4 cm³/mol. The number of carboxylic acid groups (broad SMARTS) is 1. The molecule has 86 valence electrons. The van der Waals surface area contributed by atoms with E-state index in [0.29, 0.717) is 18.8 Å². The molecule has 1 aromatic heterocycles. The summed E-state index contributed by atoms with van der Waals surface area (Å²) in [6, 6.07) is 3.25. The summed E-state index contributed by atoms with van der Waals surface area (Å²) in [4.78, 5) is 14.8. The average molecular weight is 222 g/mol. The maximum absolute atomic E-state index is 10.7. The molecular weight excluding hydrogens is 208 g/mol. The van der Waals surface area contributed by atoms with Gasteiger partial charge < -0.3 is 15.2 Å². The first kappa shape index (κ1) is 10.9. The Labute approximate surface area is 93.5 Å². The number of aromatic nitrogens is 1. The molecule has 2 rings (SSSR count). The molecule has 0 radical (unpaired) electrons. The Hall–Kier alpha value is -1.62. The molecule has 1 aromatic rings. The van der Waals surface area contributed by atoms with Crippen LogP contribution >= 0.6 is 0 Å². The van der Waals surface area contributed by atoms with Crippen molar-refractivity contribution in [1.29, 1.82) is 0 Å². The van der Waals surface area contributed by atoms with Crippen LogP contribution in [0.5, 0.6) is 5.88 Å². The first-order valence-electron chi connectivity index (χ1n) is 5.21. The molecule has 16 heavy (non-hydrogen) atoms. The summed E-state index contributed by atoms with van der Waals surface area (Å²) in [6.07, 6.45) is 2.03. The van der Waals surface area contributed by atoms with Gasteiger partial charge in [-0.3, -0.25) is 4.79 Å². The lowest BCUT2D eigenvalue weighted by atomic mass is 10.2. The number of aliphatic carboxylic acids is 1. The number of pyridine rings is 1. The average Bonchev–Trinajstić information content (AvgIpc) is 2.70. The van der Waals surface area contributed by atoms with E-state index in [2.05, 4.69) is 10.3 Å². The second kappa shape index (κ2) is 4.49. The number of nitrogens with one attached hydrogen (secondary N) is 1. The minimum absolute atomic E-state index is 0.116. The molecule has 1 aliphatic rings. The van der Waals surface area contributed by atoms with E-state index in [-0.39, 0.29) is 6.10 Å². The van der Waals surface area contributed by atoms with Crippen molar-refractivity contribution >= 4 is 5.97 Å². The van der Waals surface area contributed by atoms with E-state index in [1.165, 1.54) is 0 Å². The quantitative estimate of drug-likeness (QED) is 0.783. The van der Waals surface area contributed by atoms with E-state index in [1.807, 2.05) is 19.1 Å². The van der Waals surface area contributed by atoms with Crippen molar-refractivity contribution in [3.8, 4) is 5.88 Å². The van der Waals surface area contributed by atoms with Crippen molar-refractivity contribution in [3.63, 3.8) is 0 Å². The molecule has 5 nitrogen and oxygen atoms in total. The zero-order chi connectivity index (χ0) is 11.5. The highest BCUT2D eigenvalue weighted by molar-refractivity contribution is 5.73. The Morgan fingerprint density at radius 1 is 1.69 bits per heavy atom. The van der Waals surface area contributed by atoms with Gasteiger partial charge in [-0.1, -0.05) is 6.07 Å².